The summed E-state index contributed by atoms with van der Waals surface area (Å²) >= 11 is 0. The van der Waals surface area contributed by atoms with Gasteiger partial charge in [-0.05, 0) is 43.0 Å². The number of rotatable bonds is 7. The first-order valence-corrected chi connectivity index (χ1v) is 10.0. The normalized spacial score (nSPS) is 14.2. The number of carbonyl (C=O) groups excluding carboxylic acids is 2. The maximum atomic E-state index is 12.9. The highest BCUT2D eigenvalue weighted by molar-refractivity contribution is 5.81. The lowest BCUT2D eigenvalue weighted by atomic mass is 9.98. The Labute approximate surface area is 175 Å². The Hall–Kier alpha value is -2.76. The first-order chi connectivity index (χ1) is 14.2. The van der Waals surface area contributed by atoms with Gasteiger partial charge in [-0.25, -0.2) is 8.78 Å². The SMILES string of the molecule is CC(C)(C)OC(=O)[C@@H](CC(=O)OCC1c2ccccc2-c2ccccc21)CC(F)F. The smallest absolute Gasteiger partial charge is 0.310 e. The Morgan fingerprint density at radius 2 is 1.50 bits per heavy atom. The molecule has 0 bridgehead atoms. The number of benzene rings is 2. The van der Waals surface area contributed by atoms with E-state index in [4.69, 9.17) is 9.47 Å². The number of hydrogen-bond donors (Lipinski definition) is 0. The van der Waals surface area contributed by atoms with Gasteiger partial charge in [-0.3, -0.25) is 9.59 Å². The zero-order chi connectivity index (χ0) is 21.9. The molecule has 30 heavy (non-hydrogen) atoms. The summed E-state index contributed by atoms with van der Waals surface area (Å²) in [6.07, 6.45) is -3.89. The van der Waals surface area contributed by atoms with E-state index in [-0.39, 0.29) is 12.5 Å². The van der Waals surface area contributed by atoms with Crippen molar-refractivity contribution in [1.82, 2.24) is 0 Å². The van der Waals surface area contributed by atoms with Crippen molar-refractivity contribution in [2.24, 2.45) is 5.92 Å². The summed E-state index contributed by atoms with van der Waals surface area (Å²) in [4.78, 5) is 24.7. The van der Waals surface area contributed by atoms with Crippen molar-refractivity contribution >= 4 is 11.9 Å². The third-order valence-electron chi connectivity index (χ3n) is 4.99. The molecule has 1 atom stereocenters. The van der Waals surface area contributed by atoms with Gasteiger partial charge in [0.15, 0.2) is 0 Å². The minimum Gasteiger partial charge on any atom is -0.465 e. The molecule has 0 aliphatic heterocycles. The Morgan fingerprint density at radius 1 is 0.967 bits per heavy atom. The van der Waals surface area contributed by atoms with Crippen molar-refractivity contribution in [3.05, 3.63) is 59.7 Å². The second-order valence-corrected chi connectivity index (χ2v) is 8.47. The second-order valence-electron chi connectivity index (χ2n) is 8.47. The molecule has 0 radical (unpaired) electrons. The summed E-state index contributed by atoms with van der Waals surface area (Å²) in [6.45, 7) is 5.04. The third kappa shape index (κ3) is 5.23. The highest BCUT2D eigenvalue weighted by atomic mass is 19.3. The third-order valence-corrected chi connectivity index (χ3v) is 4.99. The van der Waals surface area contributed by atoms with Crippen molar-refractivity contribution in [2.75, 3.05) is 6.61 Å². The highest BCUT2D eigenvalue weighted by Crippen LogP contribution is 2.44. The summed E-state index contributed by atoms with van der Waals surface area (Å²) < 4.78 is 36.5. The van der Waals surface area contributed by atoms with Gasteiger partial charge < -0.3 is 9.47 Å². The summed E-state index contributed by atoms with van der Waals surface area (Å²) in [5, 5.41) is 0. The van der Waals surface area contributed by atoms with Crippen LogP contribution in [0.5, 0.6) is 0 Å². The molecule has 3 rings (SSSR count). The molecule has 0 N–H and O–H groups in total. The predicted molar refractivity (Wildman–Crippen MR) is 109 cm³/mol. The molecule has 160 valence electrons. The summed E-state index contributed by atoms with van der Waals surface area (Å²) in [5.41, 5.74) is 3.49. The number of alkyl halides is 2. The van der Waals surface area contributed by atoms with Crippen LogP contribution >= 0.6 is 0 Å². The summed E-state index contributed by atoms with van der Waals surface area (Å²) in [7, 11) is 0. The number of fused-ring (bicyclic) bond motifs is 3. The Morgan fingerprint density at radius 3 is 2.00 bits per heavy atom. The van der Waals surface area contributed by atoms with E-state index in [9.17, 15) is 18.4 Å². The zero-order valence-electron chi connectivity index (χ0n) is 17.4. The van der Waals surface area contributed by atoms with E-state index in [0.29, 0.717) is 0 Å². The predicted octanol–water partition coefficient (Wildman–Crippen LogP) is 5.35. The van der Waals surface area contributed by atoms with Crippen molar-refractivity contribution in [3.8, 4) is 11.1 Å². The van der Waals surface area contributed by atoms with E-state index in [1.807, 2.05) is 48.5 Å². The van der Waals surface area contributed by atoms with Crippen LogP contribution < -0.4 is 0 Å². The van der Waals surface area contributed by atoms with Crippen LogP contribution in [-0.4, -0.2) is 30.6 Å². The molecule has 2 aromatic rings. The molecule has 0 heterocycles. The van der Waals surface area contributed by atoms with E-state index < -0.39 is 42.7 Å². The summed E-state index contributed by atoms with van der Waals surface area (Å²) in [5.74, 6) is -2.86. The van der Waals surface area contributed by atoms with Gasteiger partial charge in [0.25, 0.3) is 0 Å². The van der Waals surface area contributed by atoms with Crippen LogP contribution in [0.1, 0.15) is 50.7 Å². The Balaban J connectivity index is 1.68. The molecule has 0 fully saturated rings. The number of carbonyl (C=O) groups is 2. The van der Waals surface area contributed by atoms with E-state index in [1.165, 1.54) is 0 Å². The average molecular weight is 416 g/mol. The molecular weight excluding hydrogens is 390 g/mol. The standard InChI is InChI=1S/C24H26F2O4/c1-24(2,3)30-23(28)15(12-21(25)26)13-22(27)29-14-20-18-10-6-4-8-16(18)17-9-5-7-11-19(17)20/h4-11,15,20-21H,12-14H2,1-3H3/t15-/m1/s1. The Kier molecular flexibility index (Phi) is 6.54. The Bertz CT molecular complexity index is 872. The number of halogens is 2. The van der Waals surface area contributed by atoms with Crippen LogP contribution in [0.3, 0.4) is 0 Å². The van der Waals surface area contributed by atoms with Gasteiger partial charge in [0.1, 0.15) is 12.2 Å². The van der Waals surface area contributed by atoms with E-state index in [1.54, 1.807) is 20.8 Å². The molecule has 0 aromatic heterocycles. The van der Waals surface area contributed by atoms with E-state index >= 15 is 0 Å². The van der Waals surface area contributed by atoms with Crippen LogP contribution in [-0.2, 0) is 19.1 Å². The van der Waals surface area contributed by atoms with Crippen LogP contribution in [0.25, 0.3) is 11.1 Å². The molecule has 0 spiro atoms. The molecule has 6 heteroatoms. The highest BCUT2D eigenvalue weighted by Gasteiger charge is 2.32. The molecule has 0 saturated heterocycles. The first-order valence-electron chi connectivity index (χ1n) is 10.0. The van der Waals surface area contributed by atoms with Gasteiger partial charge in [0, 0.05) is 12.3 Å². The lowest BCUT2D eigenvalue weighted by molar-refractivity contribution is -0.165. The molecule has 2 aromatic carbocycles. The molecule has 0 saturated carbocycles. The molecule has 4 nitrogen and oxygen atoms in total. The van der Waals surface area contributed by atoms with Crippen LogP contribution in [0.15, 0.2) is 48.5 Å². The molecule has 1 aliphatic carbocycles. The minimum atomic E-state index is -2.72. The van der Waals surface area contributed by atoms with E-state index in [2.05, 4.69) is 0 Å². The fourth-order valence-electron chi connectivity index (χ4n) is 3.74. The molecule has 0 unspecified atom stereocenters. The van der Waals surface area contributed by atoms with Crippen LogP contribution in [0.2, 0.25) is 0 Å². The van der Waals surface area contributed by atoms with Gasteiger partial charge in [-0.1, -0.05) is 48.5 Å². The molecule has 1 aliphatic rings. The van der Waals surface area contributed by atoms with Crippen molar-refractivity contribution in [2.45, 2.75) is 51.6 Å². The number of hydrogen-bond acceptors (Lipinski definition) is 4. The monoisotopic (exact) mass is 416 g/mol. The van der Waals surface area contributed by atoms with Crippen molar-refractivity contribution < 1.29 is 27.8 Å². The largest absolute Gasteiger partial charge is 0.465 e. The zero-order valence-corrected chi connectivity index (χ0v) is 17.4. The average Bonchev–Trinajstić information content (AvgIpc) is 2.98. The van der Waals surface area contributed by atoms with Gasteiger partial charge in [0.05, 0.1) is 12.3 Å². The lowest BCUT2D eigenvalue weighted by Gasteiger charge is -2.23. The van der Waals surface area contributed by atoms with Gasteiger partial charge in [0.2, 0.25) is 6.43 Å². The fourth-order valence-corrected chi connectivity index (χ4v) is 3.74. The lowest BCUT2D eigenvalue weighted by Crippen LogP contribution is -2.31. The van der Waals surface area contributed by atoms with E-state index in [0.717, 1.165) is 22.3 Å². The minimum absolute atomic E-state index is 0.0859. The molecular formula is C24H26F2O4. The maximum Gasteiger partial charge on any atom is 0.310 e. The van der Waals surface area contributed by atoms with Crippen LogP contribution in [0, 0.1) is 5.92 Å². The maximum absolute atomic E-state index is 12.9. The number of ether oxygens (including phenoxy) is 2. The van der Waals surface area contributed by atoms with Gasteiger partial charge >= 0.3 is 11.9 Å². The first kappa shape index (κ1) is 21.9. The van der Waals surface area contributed by atoms with Crippen molar-refractivity contribution in [3.63, 3.8) is 0 Å². The second kappa shape index (κ2) is 8.94. The van der Waals surface area contributed by atoms with Gasteiger partial charge in [-0.2, -0.15) is 0 Å². The van der Waals surface area contributed by atoms with Crippen molar-refractivity contribution in [1.29, 1.82) is 0 Å². The summed E-state index contributed by atoms with van der Waals surface area (Å²) in [6, 6.07) is 15.8. The van der Waals surface area contributed by atoms with Crippen LogP contribution in [0.4, 0.5) is 8.78 Å². The molecule has 0 amide bonds. The van der Waals surface area contributed by atoms with Gasteiger partial charge in [-0.15, -0.1) is 0 Å². The topological polar surface area (TPSA) is 52.6 Å². The number of esters is 2. The quantitative estimate of drug-likeness (QED) is 0.572. The fraction of sp³-hybridized carbons (Fsp3) is 0.417.